The monoisotopic (exact) mass is 284 g/mol. The number of rotatable bonds is 3. The summed E-state index contributed by atoms with van der Waals surface area (Å²) in [5.74, 6) is 0.121. The molecule has 0 radical (unpaired) electrons. The summed E-state index contributed by atoms with van der Waals surface area (Å²) in [6, 6.07) is 12.5. The zero-order valence-electron chi connectivity index (χ0n) is 11.6. The summed E-state index contributed by atoms with van der Waals surface area (Å²) < 4.78 is 5.02. The van der Waals surface area contributed by atoms with Crippen molar-refractivity contribution in [1.82, 2.24) is 0 Å². The molecule has 1 unspecified atom stereocenters. The molecular weight excluding hydrogens is 268 g/mol. The van der Waals surface area contributed by atoms with Crippen molar-refractivity contribution in [2.75, 3.05) is 24.3 Å². The number of phenols is 1. The number of hydrogen-bond donors (Lipinski definition) is 3. The van der Waals surface area contributed by atoms with Gasteiger partial charge in [0.1, 0.15) is 11.5 Å². The van der Waals surface area contributed by atoms with Crippen LogP contribution in [0.2, 0.25) is 0 Å². The number of fused-ring (bicyclic) bond motifs is 1. The van der Waals surface area contributed by atoms with E-state index in [1.54, 1.807) is 12.1 Å². The van der Waals surface area contributed by atoms with Crippen LogP contribution in [-0.2, 0) is 4.79 Å². The van der Waals surface area contributed by atoms with Gasteiger partial charge in [0.25, 0.3) is 0 Å². The number of phenolic OH excluding ortho intramolecular Hbond substituents is 1. The minimum atomic E-state index is -0.261. The molecule has 108 valence electrons. The number of para-hydroxylation sites is 1. The van der Waals surface area contributed by atoms with Gasteiger partial charge in [-0.25, -0.2) is 0 Å². The largest absolute Gasteiger partial charge is 0.506 e. The number of anilines is 2. The highest BCUT2D eigenvalue weighted by molar-refractivity contribution is 5.99. The third kappa shape index (κ3) is 2.50. The number of aromatic hydroxyl groups is 1. The van der Waals surface area contributed by atoms with Crippen LogP contribution in [0.15, 0.2) is 42.5 Å². The second kappa shape index (κ2) is 5.36. The topological polar surface area (TPSA) is 70.6 Å². The molecule has 0 fully saturated rings. The second-order valence-electron chi connectivity index (χ2n) is 4.89. The van der Waals surface area contributed by atoms with Gasteiger partial charge in [-0.3, -0.25) is 4.79 Å². The fraction of sp³-hybridized carbons (Fsp3) is 0.188. The van der Waals surface area contributed by atoms with Gasteiger partial charge >= 0.3 is 0 Å². The van der Waals surface area contributed by atoms with E-state index >= 15 is 0 Å². The minimum absolute atomic E-state index is 0.0121. The Morgan fingerprint density at radius 2 is 2.14 bits per heavy atom. The van der Waals surface area contributed by atoms with Gasteiger partial charge in [-0.15, -0.1) is 0 Å². The van der Waals surface area contributed by atoms with Crippen LogP contribution >= 0.6 is 0 Å². The average Bonchev–Trinajstić information content (AvgIpc) is 2.93. The van der Waals surface area contributed by atoms with Gasteiger partial charge in [-0.2, -0.15) is 0 Å². The second-order valence-corrected chi connectivity index (χ2v) is 4.89. The molecule has 0 aromatic heterocycles. The normalized spacial score (nSPS) is 16.0. The highest BCUT2D eigenvalue weighted by atomic mass is 16.5. The first-order chi connectivity index (χ1) is 10.2. The van der Waals surface area contributed by atoms with Crippen molar-refractivity contribution < 1.29 is 14.6 Å². The third-order valence-electron chi connectivity index (χ3n) is 3.61. The van der Waals surface area contributed by atoms with Gasteiger partial charge < -0.3 is 20.5 Å². The number of ether oxygens (including phenoxy) is 1. The average molecular weight is 284 g/mol. The SMILES string of the molecule is COc1ccc(NC(=O)C2CNc3ccccc32)c(O)c1. The number of methoxy groups -OCH3 is 1. The number of nitrogens with one attached hydrogen (secondary N) is 2. The fourth-order valence-corrected chi connectivity index (χ4v) is 2.48. The van der Waals surface area contributed by atoms with Gasteiger partial charge in [-0.05, 0) is 23.8 Å². The number of amides is 1. The Bertz CT molecular complexity index is 685. The van der Waals surface area contributed by atoms with E-state index in [-0.39, 0.29) is 17.6 Å². The summed E-state index contributed by atoms with van der Waals surface area (Å²) in [7, 11) is 1.52. The van der Waals surface area contributed by atoms with E-state index in [4.69, 9.17) is 4.74 Å². The van der Waals surface area contributed by atoms with E-state index < -0.39 is 0 Å². The predicted octanol–water partition coefficient (Wildman–Crippen LogP) is 2.55. The van der Waals surface area contributed by atoms with E-state index in [0.717, 1.165) is 11.3 Å². The quantitative estimate of drug-likeness (QED) is 0.758. The molecule has 3 N–H and O–H groups in total. The van der Waals surface area contributed by atoms with Gasteiger partial charge in [-0.1, -0.05) is 18.2 Å². The molecule has 0 spiro atoms. The Morgan fingerprint density at radius 3 is 2.90 bits per heavy atom. The maximum Gasteiger partial charge on any atom is 0.233 e. The van der Waals surface area contributed by atoms with Crippen molar-refractivity contribution in [2.24, 2.45) is 0 Å². The fourth-order valence-electron chi connectivity index (χ4n) is 2.48. The maximum atomic E-state index is 12.4. The van der Waals surface area contributed by atoms with Crippen LogP contribution in [0.3, 0.4) is 0 Å². The Hall–Kier alpha value is -2.69. The van der Waals surface area contributed by atoms with Crippen LogP contribution in [0.5, 0.6) is 11.5 Å². The summed E-state index contributed by atoms with van der Waals surface area (Å²) in [6.45, 7) is 0.558. The first-order valence-electron chi connectivity index (χ1n) is 6.69. The van der Waals surface area contributed by atoms with Gasteiger partial charge in [0.15, 0.2) is 0 Å². The number of hydrogen-bond acceptors (Lipinski definition) is 4. The summed E-state index contributed by atoms with van der Waals surface area (Å²) in [6.07, 6.45) is 0. The molecule has 21 heavy (non-hydrogen) atoms. The lowest BCUT2D eigenvalue weighted by molar-refractivity contribution is -0.117. The Balaban J connectivity index is 1.79. The smallest absolute Gasteiger partial charge is 0.233 e. The first kappa shape index (κ1) is 13.3. The Morgan fingerprint density at radius 1 is 1.33 bits per heavy atom. The molecule has 0 saturated heterocycles. The Labute approximate surface area is 122 Å². The molecule has 1 heterocycles. The van der Waals surface area contributed by atoms with Crippen LogP contribution in [0, 0.1) is 0 Å². The standard InChI is InChI=1S/C16H16N2O3/c1-21-10-6-7-14(15(19)8-10)18-16(20)12-9-17-13-5-3-2-4-11(12)13/h2-8,12,17,19H,9H2,1H3,(H,18,20). The van der Waals surface area contributed by atoms with Crippen molar-refractivity contribution >= 4 is 17.3 Å². The molecule has 2 aromatic carbocycles. The van der Waals surface area contributed by atoms with Crippen LogP contribution in [-0.4, -0.2) is 24.7 Å². The molecule has 5 heteroatoms. The summed E-state index contributed by atoms with van der Waals surface area (Å²) >= 11 is 0. The van der Waals surface area contributed by atoms with Crippen LogP contribution < -0.4 is 15.4 Å². The van der Waals surface area contributed by atoms with E-state index in [2.05, 4.69) is 10.6 Å². The molecule has 2 aromatic rings. The molecular formula is C16H16N2O3. The highest BCUT2D eigenvalue weighted by Gasteiger charge is 2.28. The lowest BCUT2D eigenvalue weighted by Crippen LogP contribution is -2.22. The van der Waals surface area contributed by atoms with Crippen molar-refractivity contribution in [3.8, 4) is 11.5 Å². The van der Waals surface area contributed by atoms with Crippen molar-refractivity contribution in [1.29, 1.82) is 0 Å². The van der Waals surface area contributed by atoms with E-state index in [1.165, 1.54) is 13.2 Å². The van der Waals surface area contributed by atoms with Crippen molar-refractivity contribution in [3.05, 3.63) is 48.0 Å². The predicted molar refractivity (Wildman–Crippen MR) is 81.0 cm³/mol. The Kier molecular flexibility index (Phi) is 3.39. The van der Waals surface area contributed by atoms with Crippen LogP contribution in [0.1, 0.15) is 11.5 Å². The van der Waals surface area contributed by atoms with Gasteiger partial charge in [0.2, 0.25) is 5.91 Å². The van der Waals surface area contributed by atoms with Crippen LogP contribution in [0.4, 0.5) is 11.4 Å². The number of carbonyl (C=O) groups excluding carboxylic acids is 1. The maximum absolute atomic E-state index is 12.4. The number of carbonyl (C=O) groups is 1. The van der Waals surface area contributed by atoms with E-state index in [1.807, 2.05) is 24.3 Å². The molecule has 3 rings (SSSR count). The molecule has 0 aliphatic carbocycles. The molecule has 1 amide bonds. The molecule has 0 bridgehead atoms. The van der Waals surface area contributed by atoms with E-state index in [0.29, 0.717) is 18.0 Å². The van der Waals surface area contributed by atoms with Crippen LogP contribution in [0.25, 0.3) is 0 Å². The molecule has 1 aliphatic heterocycles. The van der Waals surface area contributed by atoms with Crippen molar-refractivity contribution in [3.63, 3.8) is 0 Å². The summed E-state index contributed by atoms with van der Waals surface area (Å²) in [5, 5.41) is 15.9. The zero-order valence-corrected chi connectivity index (χ0v) is 11.6. The highest BCUT2D eigenvalue weighted by Crippen LogP contribution is 2.33. The van der Waals surface area contributed by atoms with Gasteiger partial charge in [0.05, 0.1) is 18.7 Å². The third-order valence-corrected chi connectivity index (χ3v) is 3.61. The lowest BCUT2D eigenvalue weighted by atomic mass is 10.0. The lowest BCUT2D eigenvalue weighted by Gasteiger charge is -2.13. The summed E-state index contributed by atoms with van der Waals surface area (Å²) in [4.78, 5) is 12.4. The summed E-state index contributed by atoms with van der Waals surface area (Å²) in [5.41, 5.74) is 2.34. The molecule has 1 aliphatic rings. The molecule has 5 nitrogen and oxygen atoms in total. The molecule has 1 atom stereocenters. The first-order valence-corrected chi connectivity index (χ1v) is 6.69. The number of benzene rings is 2. The van der Waals surface area contributed by atoms with Gasteiger partial charge in [0, 0.05) is 18.3 Å². The zero-order chi connectivity index (χ0) is 14.8. The van der Waals surface area contributed by atoms with E-state index in [9.17, 15) is 9.90 Å². The van der Waals surface area contributed by atoms with Crippen molar-refractivity contribution in [2.45, 2.75) is 5.92 Å². The minimum Gasteiger partial charge on any atom is -0.506 e. The molecule has 0 saturated carbocycles.